The molecule has 0 atom stereocenters. The van der Waals surface area contributed by atoms with Gasteiger partial charge in [0.15, 0.2) is 11.5 Å². The van der Waals surface area contributed by atoms with Gasteiger partial charge in [0.1, 0.15) is 17.3 Å². The lowest BCUT2D eigenvalue weighted by Crippen LogP contribution is -2.11. The molecular weight excluding hydrogens is 368 g/mol. The Hall–Kier alpha value is -2.51. The molecule has 0 aliphatic rings. The van der Waals surface area contributed by atoms with Crippen LogP contribution in [0.25, 0.3) is 0 Å². The molecule has 27 heavy (non-hydrogen) atoms. The zero-order chi connectivity index (χ0) is 19.7. The summed E-state index contributed by atoms with van der Waals surface area (Å²) in [6, 6.07) is 11.1. The van der Waals surface area contributed by atoms with Crippen molar-refractivity contribution in [1.29, 1.82) is 0 Å². The van der Waals surface area contributed by atoms with E-state index in [9.17, 15) is 8.42 Å². The molecule has 0 aromatic heterocycles. The SMILES string of the molecule is C=CCc1ccc(OS(=O)(=O)c2ccc(OCCOCC)cc2)c(OC)c1. The highest BCUT2D eigenvalue weighted by Gasteiger charge is 2.19. The molecule has 0 aliphatic heterocycles. The predicted molar refractivity (Wildman–Crippen MR) is 103 cm³/mol. The van der Waals surface area contributed by atoms with E-state index in [-0.39, 0.29) is 10.6 Å². The fourth-order valence-electron chi connectivity index (χ4n) is 2.31. The second-order valence-corrected chi connectivity index (χ2v) is 7.08. The summed E-state index contributed by atoms with van der Waals surface area (Å²) in [7, 11) is -2.54. The third-order valence-electron chi connectivity index (χ3n) is 3.62. The summed E-state index contributed by atoms with van der Waals surface area (Å²) in [6.07, 6.45) is 2.40. The maximum Gasteiger partial charge on any atom is 0.339 e. The van der Waals surface area contributed by atoms with E-state index in [2.05, 4.69) is 6.58 Å². The Kier molecular flexibility index (Phi) is 7.69. The molecule has 146 valence electrons. The van der Waals surface area contributed by atoms with Crippen molar-refractivity contribution < 1.29 is 26.8 Å². The third kappa shape index (κ3) is 6.01. The normalized spacial score (nSPS) is 11.0. The van der Waals surface area contributed by atoms with Crippen LogP contribution in [0.4, 0.5) is 0 Å². The number of hydrogen-bond acceptors (Lipinski definition) is 6. The third-order valence-corrected chi connectivity index (χ3v) is 4.87. The molecule has 0 amide bonds. The summed E-state index contributed by atoms with van der Waals surface area (Å²) in [5.74, 6) is 1.02. The van der Waals surface area contributed by atoms with E-state index in [1.165, 1.54) is 19.2 Å². The Bertz CT molecular complexity index is 843. The molecule has 0 aliphatic carbocycles. The molecule has 0 N–H and O–H groups in total. The lowest BCUT2D eigenvalue weighted by molar-refractivity contribution is 0.110. The van der Waals surface area contributed by atoms with E-state index < -0.39 is 10.1 Å². The molecule has 0 heterocycles. The van der Waals surface area contributed by atoms with Crippen molar-refractivity contribution in [3.63, 3.8) is 0 Å². The fraction of sp³-hybridized carbons (Fsp3) is 0.300. The molecule has 0 saturated carbocycles. The van der Waals surface area contributed by atoms with E-state index in [1.807, 2.05) is 6.92 Å². The predicted octanol–water partition coefficient (Wildman–Crippen LogP) is 3.61. The van der Waals surface area contributed by atoms with Crippen LogP contribution in [0.15, 0.2) is 60.0 Å². The first-order chi connectivity index (χ1) is 13.0. The molecule has 0 unspecified atom stereocenters. The molecular formula is C20H24O6S. The lowest BCUT2D eigenvalue weighted by Gasteiger charge is -2.12. The molecule has 6 nitrogen and oxygen atoms in total. The highest BCUT2D eigenvalue weighted by Crippen LogP contribution is 2.31. The van der Waals surface area contributed by atoms with Gasteiger partial charge < -0.3 is 18.4 Å². The number of methoxy groups -OCH3 is 1. The highest BCUT2D eigenvalue weighted by atomic mass is 32.2. The van der Waals surface area contributed by atoms with Gasteiger partial charge in [0, 0.05) is 6.61 Å². The summed E-state index contributed by atoms with van der Waals surface area (Å²) >= 11 is 0. The number of benzene rings is 2. The van der Waals surface area contributed by atoms with Gasteiger partial charge in [0.25, 0.3) is 0 Å². The first kappa shape index (κ1) is 20.8. The average molecular weight is 392 g/mol. The van der Waals surface area contributed by atoms with E-state index in [1.54, 1.807) is 36.4 Å². The van der Waals surface area contributed by atoms with Gasteiger partial charge in [-0.05, 0) is 55.3 Å². The number of rotatable bonds is 11. The maximum atomic E-state index is 12.5. The van der Waals surface area contributed by atoms with Crippen molar-refractivity contribution in [3.8, 4) is 17.2 Å². The lowest BCUT2D eigenvalue weighted by atomic mass is 10.1. The van der Waals surface area contributed by atoms with Gasteiger partial charge in [-0.15, -0.1) is 6.58 Å². The Balaban J connectivity index is 2.11. The Morgan fingerprint density at radius 2 is 1.78 bits per heavy atom. The second kappa shape index (κ2) is 9.99. The largest absolute Gasteiger partial charge is 0.493 e. The van der Waals surface area contributed by atoms with Gasteiger partial charge in [-0.2, -0.15) is 8.42 Å². The molecule has 2 rings (SSSR count). The minimum Gasteiger partial charge on any atom is -0.493 e. The number of hydrogen-bond donors (Lipinski definition) is 0. The summed E-state index contributed by atoms with van der Waals surface area (Å²) in [4.78, 5) is 0.0249. The zero-order valence-electron chi connectivity index (χ0n) is 15.5. The first-order valence-corrected chi connectivity index (χ1v) is 9.94. The highest BCUT2D eigenvalue weighted by molar-refractivity contribution is 7.87. The van der Waals surface area contributed by atoms with Crippen LogP contribution in [0.5, 0.6) is 17.2 Å². The van der Waals surface area contributed by atoms with Crippen LogP contribution in [0.1, 0.15) is 12.5 Å². The van der Waals surface area contributed by atoms with Crippen LogP contribution in [-0.2, 0) is 21.3 Å². The van der Waals surface area contributed by atoms with Crippen molar-refractivity contribution in [3.05, 3.63) is 60.7 Å². The topological polar surface area (TPSA) is 71.1 Å². The fourth-order valence-corrected chi connectivity index (χ4v) is 3.25. The standard InChI is InChI=1S/C20H24O6S/c1-4-6-16-7-12-19(20(15-16)23-3)26-27(21,22)18-10-8-17(9-11-18)25-14-13-24-5-2/h4,7-12,15H,1,5-6,13-14H2,2-3H3. The van der Waals surface area contributed by atoms with Gasteiger partial charge in [-0.1, -0.05) is 12.1 Å². The van der Waals surface area contributed by atoms with E-state index in [0.717, 1.165) is 5.56 Å². The minimum absolute atomic E-state index is 0.0249. The summed E-state index contributed by atoms with van der Waals surface area (Å²) in [5.41, 5.74) is 0.945. The smallest absolute Gasteiger partial charge is 0.339 e. The van der Waals surface area contributed by atoms with Gasteiger partial charge in [0.05, 0.1) is 13.7 Å². The first-order valence-electron chi connectivity index (χ1n) is 8.53. The molecule has 7 heteroatoms. The average Bonchev–Trinajstić information content (AvgIpc) is 2.67. The summed E-state index contributed by atoms with van der Waals surface area (Å²) < 4.78 is 46.2. The van der Waals surface area contributed by atoms with Crippen molar-refractivity contribution in [2.75, 3.05) is 26.9 Å². The summed E-state index contributed by atoms with van der Waals surface area (Å²) in [6.45, 7) is 7.08. The quantitative estimate of drug-likeness (QED) is 0.331. The van der Waals surface area contributed by atoms with Crippen LogP contribution in [0, 0.1) is 0 Å². The van der Waals surface area contributed by atoms with Crippen LogP contribution in [-0.4, -0.2) is 35.3 Å². The van der Waals surface area contributed by atoms with E-state index in [0.29, 0.717) is 37.7 Å². The number of ether oxygens (including phenoxy) is 3. The van der Waals surface area contributed by atoms with Crippen molar-refractivity contribution in [2.24, 2.45) is 0 Å². The van der Waals surface area contributed by atoms with Gasteiger partial charge in [0.2, 0.25) is 0 Å². The molecule has 0 radical (unpaired) electrons. The number of allylic oxidation sites excluding steroid dienone is 1. The molecule has 0 fully saturated rings. The molecule has 2 aromatic rings. The van der Waals surface area contributed by atoms with Crippen LogP contribution >= 0.6 is 0 Å². The van der Waals surface area contributed by atoms with Crippen molar-refractivity contribution in [2.45, 2.75) is 18.2 Å². The van der Waals surface area contributed by atoms with Crippen molar-refractivity contribution in [1.82, 2.24) is 0 Å². The van der Waals surface area contributed by atoms with Crippen LogP contribution in [0.3, 0.4) is 0 Å². The molecule has 2 aromatic carbocycles. The Labute approximate surface area is 160 Å². The molecule has 0 spiro atoms. The second-order valence-electron chi connectivity index (χ2n) is 5.53. The molecule has 0 saturated heterocycles. The van der Waals surface area contributed by atoms with Gasteiger partial charge in [-0.25, -0.2) is 0 Å². The minimum atomic E-state index is -4.00. The van der Waals surface area contributed by atoms with Gasteiger partial charge >= 0.3 is 10.1 Å². The van der Waals surface area contributed by atoms with Gasteiger partial charge in [-0.3, -0.25) is 0 Å². The van der Waals surface area contributed by atoms with Crippen LogP contribution in [0.2, 0.25) is 0 Å². The molecule has 0 bridgehead atoms. The zero-order valence-corrected chi connectivity index (χ0v) is 16.3. The van der Waals surface area contributed by atoms with Crippen LogP contribution < -0.4 is 13.7 Å². The maximum absolute atomic E-state index is 12.5. The van der Waals surface area contributed by atoms with E-state index in [4.69, 9.17) is 18.4 Å². The van der Waals surface area contributed by atoms with E-state index >= 15 is 0 Å². The van der Waals surface area contributed by atoms with Crippen molar-refractivity contribution >= 4 is 10.1 Å². The Morgan fingerprint density at radius 3 is 2.41 bits per heavy atom. The summed E-state index contributed by atoms with van der Waals surface area (Å²) in [5, 5.41) is 0. The Morgan fingerprint density at radius 1 is 1.04 bits per heavy atom. The monoisotopic (exact) mass is 392 g/mol.